The fraction of sp³-hybridized carbons (Fsp3) is 0.733. The molecule has 1 aliphatic rings. The standard InChI is InChI=1S/C15H25N3O2/c1-12(2)15(3)4-6-18(7-5-15)13-10-16-11-14(17-13)20-9-8-19/h10-12,19H,4-9H2,1-3H3. The van der Waals surface area contributed by atoms with Gasteiger partial charge in [-0.25, -0.2) is 0 Å². The van der Waals surface area contributed by atoms with Crippen LogP contribution in [0.3, 0.4) is 0 Å². The summed E-state index contributed by atoms with van der Waals surface area (Å²) < 4.78 is 5.32. The lowest BCUT2D eigenvalue weighted by Crippen LogP contribution is -2.41. The van der Waals surface area contributed by atoms with Crippen LogP contribution in [-0.2, 0) is 0 Å². The van der Waals surface area contributed by atoms with E-state index in [1.54, 1.807) is 12.4 Å². The van der Waals surface area contributed by atoms with Gasteiger partial charge in [-0.05, 0) is 24.2 Å². The Bertz CT molecular complexity index is 429. The number of anilines is 1. The molecule has 0 aliphatic carbocycles. The predicted octanol–water partition coefficient (Wildman–Crippen LogP) is 2.11. The summed E-state index contributed by atoms with van der Waals surface area (Å²) in [5, 5.41) is 8.77. The van der Waals surface area contributed by atoms with Gasteiger partial charge in [0.25, 0.3) is 0 Å². The number of hydrogen-bond donors (Lipinski definition) is 1. The molecule has 5 heteroatoms. The maximum absolute atomic E-state index is 8.77. The summed E-state index contributed by atoms with van der Waals surface area (Å²) in [6.07, 6.45) is 5.72. The lowest BCUT2D eigenvalue weighted by atomic mass is 9.72. The molecule has 0 spiro atoms. The van der Waals surface area contributed by atoms with Crippen LogP contribution in [0.4, 0.5) is 5.82 Å². The van der Waals surface area contributed by atoms with E-state index in [0.29, 0.717) is 17.2 Å². The number of rotatable bonds is 5. The van der Waals surface area contributed by atoms with Gasteiger partial charge in [-0.2, -0.15) is 4.98 Å². The van der Waals surface area contributed by atoms with E-state index in [1.165, 1.54) is 12.8 Å². The van der Waals surface area contributed by atoms with Gasteiger partial charge < -0.3 is 14.7 Å². The summed E-state index contributed by atoms with van der Waals surface area (Å²) in [4.78, 5) is 10.9. The number of hydrogen-bond acceptors (Lipinski definition) is 5. The largest absolute Gasteiger partial charge is 0.474 e. The van der Waals surface area contributed by atoms with Crippen molar-refractivity contribution in [3.8, 4) is 5.88 Å². The van der Waals surface area contributed by atoms with Gasteiger partial charge in [-0.15, -0.1) is 0 Å². The van der Waals surface area contributed by atoms with Crippen molar-refractivity contribution in [2.24, 2.45) is 11.3 Å². The molecular formula is C15H25N3O2. The first kappa shape index (κ1) is 15.0. The molecule has 1 N–H and O–H groups in total. The minimum Gasteiger partial charge on any atom is -0.474 e. The lowest BCUT2D eigenvalue weighted by molar-refractivity contribution is 0.165. The highest BCUT2D eigenvalue weighted by atomic mass is 16.5. The van der Waals surface area contributed by atoms with Crippen LogP contribution in [0.5, 0.6) is 5.88 Å². The van der Waals surface area contributed by atoms with E-state index in [-0.39, 0.29) is 13.2 Å². The van der Waals surface area contributed by atoms with Crippen molar-refractivity contribution in [3.63, 3.8) is 0 Å². The zero-order chi connectivity index (χ0) is 14.6. The average Bonchev–Trinajstić information content (AvgIpc) is 2.46. The molecule has 0 bridgehead atoms. The second-order valence-corrected chi connectivity index (χ2v) is 6.08. The van der Waals surface area contributed by atoms with Crippen LogP contribution in [-0.4, -0.2) is 41.4 Å². The van der Waals surface area contributed by atoms with Gasteiger partial charge in [-0.3, -0.25) is 4.98 Å². The van der Waals surface area contributed by atoms with Crippen LogP contribution in [0.25, 0.3) is 0 Å². The van der Waals surface area contributed by atoms with E-state index in [1.807, 2.05) is 0 Å². The van der Waals surface area contributed by atoms with Gasteiger partial charge in [0.05, 0.1) is 19.0 Å². The highest BCUT2D eigenvalue weighted by molar-refractivity contribution is 5.38. The first-order valence-electron chi connectivity index (χ1n) is 7.36. The normalized spacial score (nSPS) is 18.4. The average molecular weight is 279 g/mol. The van der Waals surface area contributed by atoms with Gasteiger partial charge in [-0.1, -0.05) is 20.8 Å². The minimum atomic E-state index is -0.0115. The lowest BCUT2D eigenvalue weighted by Gasteiger charge is -2.42. The molecule has 2 heterocycles. The molecule has 112 valence electrons. The van der Waals surface area contributed by atoms with Gasteiger partial charge in [0.1, 0.15) is 6.61 Å². The first-order chi connectivity index (χ1) is 9.55. The molecule has 1 aromatic heterocycles. The SMILES string of the molecule is CC(C)C1(C)CCN(c2cncc(OCCO)n2)CC1. The Morgan fingerprint density at radius 2 is 2.05 bits per heavy atom. The quantitative estimate of drug-likeness (QED) is 0.894. The van der Waals surface area contributed by atoms with Crippen LogP contribution in [0.15, 0.2) is 12.4 Å². The van der Waals surface area contributed by atoms with E-state index in [4.69, 9.17) is 9.84 Å². The van der Waals surface area contributed by atoms with Crippen molar-refractivity contribution in [2.75, 3.05) is 31.2 Å². The number of aromatic nitrogens is 2. The Hall–Kier alpha value is -1.36. The number of aliphatic hydroxyl groups excluding tert-OH is 1. The fourth-order valence-corrected chi connectivity index (χ4v) is 2.53. The van der Waals surface area contributed by atoms with Crippen molar-refractivity contribution >= 4 is 5.82 Å². The Balaban J connectivity index is 2.00. The second-order valence-electron chi connectivity index (χ2n) is 6.08. The molecule has 1 saturated heterocycles. The van der Waals surface area contributed by atoms with E-state index in [2.05, 4.69) is 35.6 Å². The summed E-state index contributed by atoms with van der Waals surface area (Å²) >= 11 is 0. The zero-order valence-corrected chi connectivity index (χ0v) is 12.7. The zero-order valence-electron chi connectivity index (χ0n) is 12.7. The molecule has 0 amide bonds. The molecule has 1 aliphatic heterocycles. The number of nitrogens with zero attached hydrogens (tertiary/aromatic N) is 3. The van der Waals surface area contributed by atoms with Crippen LogP contribution < -0.4 is 9.64 Å². The number of ether oxygens (including phenoxy) is 1. The van der Waals surface area contributed by atoms with E-state index in [0.717, 1.165) is 18.9 Å². The molecule has 20 heavy (non-hydrogen) atoms. The Labute approximate surface area is 121 Å². The van der Waals surface area contributed by atoms with Gasteiger partial charge in [0.15, 0.2) is 5.82 Å². The molecule has 0 unspecified atom stereocenters. The van der Waals surface area contributed by atoms with Crippen molar-refractivity contribution in [1.29, 1.82) is 0 Å². The smallest absolute Gasteiger partial charge is 0.234 e. The van der Waals surface area contributed by atoms with Crippen LogP contribution in [0, 0.1) is 11.3 Å². The van der Waals surface area contributed by atoms with E-state index < -0.39 is 0 Å². The van der Waals surface area contributed by atoms with Crippen molar-refractivity contribution < 1.29 is 9.84 Å². The summed E-state index contributed by atoms with van der Waals surface area (Å²) in [6, 6.07) is 0. The van der Waals surface area contributed by atoms with Crippen LogP contribution in [0.1, 0.15) is 33.6 Å². The molecule has 1 aromatic rings. The number of piperidine rings is 1. The number of aliphatic hydroxyl groups is 1. The first-order valence-corrected chi connectivity index (χ1v) is 7.36. The monoisotopic (exact) mass is 279 g/mol. The van der Waals surface area contributed by atoms with Crippen molar-refractivity contribution in [2.45, 2.75) is 33.6 Å². The Kier molecular flexibility index (Phi) is 4.81. The fourth-order valence-electron chi connectivity index (χ4n) is 2.53. The third kappa shape index (κ3) is 3.39. The van der Waals surface area contributed by atoms with E-state index in [9.17, 15) is 0 Å². The second kappa shape index (κ2) is 6.39. The minimum absolute atomic E-state index is 0.0115. The summed E-state index contributed by atoms with van der Waals surface area (Å²) in [6.45, 7) is 9.24. The summed E-state index contributed by atoms with van der Waals surface area (Å²) in [7, 11) is 0. The molecule has 0 radical (unpaired) electrons. The summed E-state index contributed by atoms with van der Waals surface area (Å²) in [5.41, 5.74) is 0.426. The molecular weight excluding hydrogens is 254 g/mol. The van der Waals surface area contributed by atoms with Gasteiger partial charge in [0.2, 0.25) is 5.88 Å². The van der Waals surface area contributed by atoms with Crippen molar-refractivity contribution in [3.05, 3.63) is 12.4 Å². The Morgan fingerprint density at radius 1 is 1.35 bits per heavy atom. The maximum atomic E-state index is 8.77. The van der Waals surface area contributed by atoms with E-state index >= 15 is 0 Å². The topological polar surface area (TPSA) is 58.5 Å². The van der Waals surface area contributed by atoms with Crippen LogP contribution >= 0.6 is 0 Å². The Morgan fingerprint density at radius 3 is 2.65 bits per heavy atom. The van der Waals surface area contributed by atoms with Gasteiger partial charge in [0, 0.05) is 13.1 Å². The third-order valence-electron chi connectivity index (χ3n) is 4.56. The maximum Gasteiger partial charge on any atom is 0.234 e. The molecule has 2 rings (SSSR count). The van der Waals surface area contributed by atoms with Gasteiger partial charge >= 0.3 is 0 Å². The highest BCUT2D eigenvalue weighted by Gasteiger charge is 2.33. The van der Waals surface area contributed by atoms with Crippen LogP contribution in [0.2, 0.25) is 0 Å². The molecule has 0 aromatic carbocycles. The molecule has 1 fully saturated rings. The predicted molar refractivity (Wildman–Crippen MR) is 79.0 cm³/mol. The third-order valence-corrected chi connectivity index (χ3v) is 4.56. The molecule has 5 nitrogen and oxygen atoms in total. The molecule has 0 atom stereocenters. The van der Waals surface area contributed by atoms with Crippen molar-refractivity contribution in [1.82, 2.24) is 9.97 Å². The molecule has 0 saturated carbocycles. The summed E-state index contributed by atoms with van der Waals surface area (Å²) in [5.74, 6) is 2.05. The highest BCUT2D eigenvalue weighted by Crippen LogP contribution is 2.38.